The van der Waals surface area contributed by atoms with Gasteiger partial charge < -0.3 is 10.1 Å². The van der Waals surface area contributed by atoms with Crippen molar-refractivity contribution in [3.8, 4) is 5.75 Å². The lowest BCUT2D eigenvalue weighted by atomic mass is 10.2. The van der Waals surface area contributed by atoms with Crippen LogP contribution in [0, 0.1) is 5.82 Å². The van der Waals surface area contributed by atoms with Gasteiger partial charge in [0.15, 0.2) is 0 Å². The summed E-state index contributed by atoms with van der Waals surface area (Å²) in [5.41, 5.74) is 2.00. The number of ether oxygens (including phenoxy) is 1. The first-order chi connectivity index (χ1) is 9.78. The molecule has 2 aromatic rings. The normalized spacial score (nSPS) is 10.5. The first-order valence-corrected chi connectivity index (χ1v) is 6.80. The number of rotatable bonds is 7. The van der Waals surface area contributed by atoms with Gasteiger partial charge in [-0.05, 0) is 35.9 Å². The second-order valence-corrected chi connectivity index (χ2v) is 4.54. The second-order valence-electron chi connectivity index (χ2n) is 4.54. The van der Waals surface area contributed by atoms with E-state index in [0.29, 0.717) is 18.9 Å². The highest BCUT2D eigenvalue weighted by molar-refractivity contribution is 5.29. The average molecular weight is 274 g/mol. The molecular weight excluding hydrogens is 255 g/mol. The van der Waals surface area contributed by atoms with Gasteiger partial charge >= 0.3 is 0 Å². The van der Waals surface area contributed by atoms with Gasteiger partial charge in [0.25, 0.3) is 0 Å². The molecule has 0 saturated heterocycles. The molecule has 0 aliphatic heterocycles. The number of hydrogen-bond donors (Lipinski definition) is 1. The Morgan fingerprint density at radius 2 is 2.15 bits per heavy atom. The molecule has 3 nitrogen and oxygen atoms in total. The molecule has 0 amide bonds. The lowest BCUT2D eigenvalue weighted by Gasteiger charge is -2.09. The van der Waals surface area contributed by atoms with Crippen molar-refractivity contribution in [2.45, 2.75) is 19.9 Å². The standard InChI is InChI=1S/C16H19FN2O/c1-2-18-12-14-8-15(17)10-16(9-14)20-7-5-13-4-3-6-19-11-13/h3-4,6,8-11,18H,2,5,7,12H2,1H3. The van der Waals surface area contributed by atoms with Crippen LogP contribution in [0.4, 0.5) is 4.39 Å². The Hall–Kier alpha value is -1.94. The molecule has 0 bridgehead atoms. The first-order valence-electron chi connectivity index (χ1n) is 6.80. The molecule has 0 spiro atoms. The summed E-state index contributed by atoms with van der Waals surface area (Å²) >= 11 is 0. The van der Waals surface area contributed by atoms with Crippen molar-refractivity contribution in [1.29, 1.82) is 0 Å². The number of halogens is 1. The van der Waals surface area contributed by atoms with Crippen LogP contribution in [0.15, 0.2) is 42.7 Å². The summed E-state index contributed by atoms with van der Waals surface area (Å²) in [6.07, 6.45) is 4.31. The summed E-state index contributed by atoms with van der Waals surface area (Å²) in [5.74, 6) is 0.304. The maximum Gasteiger partial charge on any atom is 0.127 e. The maximum absolute atomic E-state index is 13.5. The van der Waals surface area contributed by atoms with E-state index in [1.165, 1.54) is 12.1 Å². The number of nitrogens with one attached hydrogen (secondary N) is 1. The first kappa shape index (κ1) is 14.5. The van der Waals surface area contributed by atoms with Crippen LogP contribution >= 0.6 is 0 Å². The van der Waals surface area contributed by atoms with Crippen molar-refractivity contribution in [3.05, 3.63) is 59.7 Å². The van der Waals surface area contributed by atoms with Gasteiger partial charge in [-0.2, -0.15) is 0 Å². The molecular formula is C16H19FN2O. The molecule has 0 aliphatic carbocycles. The zero-order valence-electron chi connectivity index (χ0n) is 11.6. The average Bonchev–Trinajstić information content (AvgIpc) is 2.46. The van der Waals surface area contributed by atoms with Gasteiger partial charge in [-0.15, -0.1) is 0 Å². The van der Waals surface area contributed by atoms with Crippen molar-refractivity contribution in [2.75, 3.05) is 13.2 Å². The molecule has 106 valence electrons. The number of pyridine rings is 1. The molecule has 0 unspecified atom stereocenters. The van der Waals surface area contributed by atoms with Crippen molar-refractivity contribution >= 4 is 0 Å². The SMILES string of the molecule is CCNCc1cc(F)cc(OCCc2cccnc2)c1. The number of benzene rings is 1. The molecule has 4 heteroatoms. The van der Waals surface area contributed by atoms with Gasteiger partial charge in [0.2, 0.25) is 0 Å². The van der Waals surface area contributed by atoms with Crippen LogP contribution in [0.25, 0.3) is 0 Å². The summed E-state index contributed by atoms with van der Waals surface area (Å²) in [6.45, 7) is 4.03. The van der Waals surface area contributed by atoms with Crippen LogP contribution in [0.1, 0.15) is 18.1 Å². The predicted molar refractivity (Wildman–Crippen MR) is 77.2 cm³/mol. The minimum atomic E-state index is -0.267. The minimum Gasteiger partial charge on any atom is -0.493 e. The largest absolute Gasteiger partial charge is 0.493 e. The van der Waals surface area contributed by atoms with Gasteiger partial charge in [-0.3, -0.25) is 4.98 Å². The molecule has 1 aromatic heterocycles. The van der Waals surface area contributed by atoms with E-state index in [0.717, 1.165) is 24.1 Å². The lowest BCUT2D eigenvalue weighted by Crippen LogP contribution is -2.12. The molecule has 2 rings (SSSR count). The smallest absolute Gasteiger partial charge is 0.127 e. The van der Waals surface area contributed by atoms with Gasteiger partial charge in [-0.25, -0.2) is 4.39 Å². The Morgan fingerprint density at radius 3 is 2.90 bits per heavy atom. The maximum atomic E-state index is 13.5. The van der Waals surface area contributed by atoms with Crippen molar-refractivity contribution < 1.29 is 9.13 Å². The summed E-state index contributed by atoms with van der Waals surface area (Å²) in [4.78, 5) is 4.05. The van der Waals surface area contributed by atoms with Gasteiger partial charge in [0, 0.05) is 31.4 Å². The fraction of sp³-hybridized carbons (Fsp3) is 0.312. The van der Waals surface area contributed by atoms with Crippen LogP contribution in [0.5, 0.6) is 5.75 Å². The third-order valence-corrected chi connectivity index (χ3v) is 2.89. The predicted octanol–water partition coefficient (Wildman–Crippen LogP) is 2.95. The molecule has 0 aliphatic rings. The zero-order chi connectivity index (χ0) is 14.2. The quantitative estimate of drug-likeness (QED) is 0.843. The second kappa shape index (κ2) is 7.60. The summed E-state index contributed by atoms with van der Waals surface area (Å²) in [7, 11) is 0. The number of aromatic nitrogens is 1. The Morgan fingerprint density at radius 1 is 1.25 bits per heavy atom. The van der Waals surface area contributed by atoms with E-state index in [1.54, 1.807) is 6.20 Å². The third kappa shape index (κ3) is 4.63. The molecule has 1 aromatic carbocycles. The van der Waals surface area contributed by atoms with Crippen molar-refractivity contribution in [3.63, 3.8) is 0 Å². The molecule has 0 fully saturated rings. The van der Waals surface area contributed by atoms with E-state index in [4.69, 9.17) is 4.74 Å². The summed E-state index contributed by atoms with van der Waals surface area (Å²) < 4.78 is 19.1. The van der Waals surface area contributed by atoms with Gasteiger partial charge in [0.05, 0.1) is 6.61 Å². The number of hydrogen-bond acceptors (Lipinski definition) is 3. The van der Waals surface area contributed by atoms with Crippen LogP contribution in [0.2, 0.25) is 0 Å². The Bertz CT molecular complexity index is 531. The van der Waals surface area contributed by atoms with E-state index in [-0.39, 0.29) is 5.82 Å². The van der Waals surface area contributed by atoms with Crippen LogP contribution in [-0.2, 0) is 13.0 Å². The van der Waals surface area contributed by atoms with Gasteiger partial charge in [0.1, 0.15) is 11.6 Å². The molecule has 1 N–H and O–H groups in total. The van der Waals surface area contributed by atoms with Gasteiger partial charge in [-0.1, -0.05) is 13.0 Å². The monoisotopic (exact) mass is 274 g/mol. The van der Waals surface area contributed by atoms with Crippen LogP contribution in [-0.4, -0.2) is 18.1 Å². The minimum absolute atomic E-state index is 0.267. The summed E-state index contributed by atoms with van der Waals surface area (Å²) in [5, 5.41) is 3.17. The Labute approximate surface area is 118 Å². The van der Waals surface area contributed by atoms with E-state index >= 15 is 0 Å². The van der Waals surface area contributed by atoms with E-state index in [2.05, 4.69) is 10.3 Å². The van der Waals surface area contributed by atoms with E-state index < -0.39 is 0 Å². The van der Waals surface area contributed by atoms with Crippen LogP contribution in [0.3, 0.4) is 0 Å². The highest BCUT2D eigenvalue weighted by Gasteiger charge is 2.02. The number of nitrogens with zero attached hydrogens (tertiary/aromatic N) is 1. The zero-order valence-corrected chi connectivity index (χ0v) is 11.6. The van der Waals surface area contributed by atoms with Crippen molar-refractivity contribution in [2.24, 2.45) is 0 Å². The fourth-order valence-electron chi connectivity index (χ4n) is 1.91. The third-order valence-electron chi connectivity index (χ3n) is 2.89. The topological polar surface area (TPSA) is 34.1 Å². The molecule has 1 heterocycles. The molecule has 0 atom stereocenters. The highest BCUT2D eigenvalue weighted by Crippen LogP contribution is 2.16. The molecule has 0 radical (unpaired) electrons. The molecule has 20 heavy (non-hydrogen) atoms. The van der Waals surface area contributed by atoms with Crippen LogP contribution < -0.4 is 10.1 Å². The van der Waals surface area contributed by atoms with E-state index in [9.17, 15) is 4.39 Å². The highest BCUT2D eigenvalue weighted by atomic mass is 19.1. The Kier molecular flexibility index (Phi) is 5.50. The van der Waals surface area contributed by atoms with Crippen molar-refractivity contribution in [1.82, 2.24) is 10.3 Å². The lowest BCUT2D eigenvalue weighted by molar-refractivity contribution is 0.319. The molecule has 0 saturated carbocycles. The summed E-state index contributed by atoms with van der Waals surface area (Å²) in [6, 6.07) is 8.70. The van der Waals surface area contributed by atoms with E-state index in [1.807, 2.05) is 31.3 Å². The Balaban J connectivity index is 1.90. The fourth-order valence-corrected chi connectivity index (χ4v) is 1.91.